The summed E-state index contributed by atoms with van der Waals surface area (Å²) in [5, 5.41) is 15.9. The molecule has 4 aliphatic carbocycles. The molecule has 218 valence electrons. The first-order chi connectivity index (χ1) is 19.6. The predicted octanol–water partition coefficient (Wildman–Crippen LogP) is 6.35. The summed E-state index contributed by atoms with van der Waals surface area (Å²) in [6.07, 6.45) is 8.13. The summed E-state index contributed by atoms with van der Waals surface area (Å²) >= 11 is 0. The maximum absolute atomic E-state index is 13.2. The molecular formula is C35H46N4O2. The number of carbonyl (C=O) groups excluding carboxylic acids is 1. The van der Waals surface area contributed by atoms with Crippen molar-refractivity contribution >= 4 is 16.8 Å². The van der Waals surface area contributed by atoms with Crippen molar-refractivity contribution in [1.29, 1.82) is 0 Å². The number of carbonyl (C=O) groups is 1. The molecule has 6 nitrogen and oxygen atoms in total. The second-order valence-electron chi connectivity index (χ2n) is 14.6. The highest BCUT2D eigenvalue weighted by molar-refractivity contribution is 5.92. The van der Waals surface area contributed by atoms with Gasteiger partial charge in [-0.05, 0) is 137 Å². The Labute approximate surface area is 244 Å². The van der Waals surface area contributed by atoms with Crippen molar-refractivity contribution in [2.75, 3.05) is 19.6 Å². The summed E-state index contributed by atoms with van der Waals surface area (Å²) in [7, 11) is 0. The Balaban J connectivity index is 1.03. The van der Waals surface area contributed by atoms with Gasteiger partial charge < -0.3 is 15.4 Å². The van der Waals surface area contributed by atoms with Crippen LogP contribution >= 0.6 is 0 Å². The Morgan fingerprint density at radius 1 is 1.07 bits per heavy atom. The monoisotopic (exact) mass is 554 g/mol. The van der Waals surface area contributed by atoms with Gasteiger partial charge in [-0.25, -0.2) is 0 Å². The van der Waals surface area contributed by atoms with Crippen LogP contribution in [0.25, 0.3) is 22.2 Å². The normalized spacial score (nSPS) is 30.0. The van der Waals surface area contributed by atoms with Crippen molar-refractivity contribution in [1.82, 2.24) is 20.2 Å². The number of pyridine rings is 1. The third kappa shape index (κ3) is 5.12. The number of aromatic nitrogens is 2. The molecule has 5 fully saturated rings. The van der Waals surface area contributed by atoms with Crippen molar-refractivity contribution in [2.24, 2.45) is 11.8 Å². The third-order valence-electron chi connectivity index (χ3n) is 10.7. The quantitative estimate of drug-likeness (QED) is 0.332. The number of aromatic amines is 1. The highest BCUT2D eigenvalue weighted by atomic mass is 16.3. The number of likely N-dealkylation sites (tertiary alicyclic amines) is 1. The summed E-state index contributed by atoms with van der Waals surface area (Å²) in [5.74, 6) is 2.23. The molecule has 0 spiro atoms. The van der Waals surface area contributed by atoms with E-state index in [-0.39, 0.29) is 11.4 Å². The van der Waals surface area contributed by atoms with E-state index in [1.807, 2.05) is 0 Å². The number of hydrogen-bond donors (Lipinski definition) is 3. The Morgan fingerprint density at radius 3 is 2.39 bits per heavy atom. The number of nitrogens with one attached hydrogen (secondary N) is 2. The van der Waals surface area contributed by atoms with Crippen LogP contribution in [0.4, 0.5) is 0 Å². The average Bonchev–Trinajstić information content (AvgIpc) is 3.26. The molecule has 1 saturated heterocycles. The lowest BCUT2D eigenvalue weighted by molar-refractivity contribution is -0.151. The first-order valence-electron chi connectivity index (χ1n) is 15.9. The lowest BCUT2D eigenvalue weighted by Gasteiger charge is -2.60. The fourth-order valence-corrected chi connectivity index (χ4v) is 9.61. The summed E-state index contributed by atoms with van der Waals surface area (Å²) < 4.78 is 0. The maximum atomic E-state index is 13.2. The number of hydrogen-bond acceptors (Lipinski definition) is 4. The van der Waals surface area contributed by atoms with Gasteiger partial charge in [-0.1, -0.05) is 19.9 Å². The molecule has 1 amide bonds. The molecule has 6 heteroatoms. The minimum absolute atomic E-state index is 0.151. The van der Waals surface area contributed by atoms with Gasteiger partial charge in [0, 0.05) is 33.4 Å². The van der Waals surface area contributed by atoms with Crippen LogP contribution in [-0.4, -0.2) is 56.7 Å². The van der Waals surface area contributed by atoms with Crippen LogP contribution in [0.3, 0.4) is 0 Å². The molecule has 0 radical (unpaired) electrons. The maximum Gasteiger partial charge on any atom is 0.234 e. The van der Waals surface area contributed by atoms with E-state index < -0.39 is 5.60 Å². The van der Waals surface area contributed by atoms with Gasteiger partial charge in [-0.15, -0.1) is 0 Å². The second-order valence-corrected chi connectivity index (χ2v) is 14.6. The van der Waals surface area contributed by atoms with E-state index in [4.69, 9.17) is 0 Å². The zero-order valence-electron chi connectivity index (χ0n) is 25.2. The Bertz CT molecular complexity index is 1450. The van der Waals surface area contributed by atoms with Crippen LogP contribution in [0.5, 0.6) is 0 Å². The summed E-state index contributed by atoms with van der Waals surface area (Å²) in [5.41, 5.74) is 7.81. The van der Waals surface area contributed by atoms with Crippen LogP contribution in [0.15, 0.2) is 30.3 Å². The van der Waals surface area contributed by atoms with Crippen LogP contribution in [-0.2, 0) is 4.79 Å². The minimum atomic E-state index is -0.539. The van der Waals surface area contributed by atoms with Gasteiger partial charge in [-0.2, -0.15) is 0 Å². The van der Waals surface area contributed by atoms with Gasteiger partial charge in [0.2, 0.25) is 5.91 Å². The Morgan fingerprint density at radius 2 is 1.76 bits per heavy atom. The molecule has 4 atom stereocenters. The molecule has 8 rings (SSSR count). The van der Waals surface area contributed by atoms with E-state index in [2.05, 4.69) is 78.2 Å². The Hall–Kier alpha value is -2.70. The van der Waals surface area contributed by atoms with E-state index in [0.29, 0.717) is 30.2 Å². The van der Waals surface area contributed by atoms with Crippen molar-refractivity contribution < 1.29 is 9.90 Å². The molecular weight excluding hydrogens is 508 g/mol. The predicted molar refractivity (Wildman–Crippen MR) is 164 cm³/mol. The molecule has 3 aromatic rings. The minimum Gasteiger partial charge on any atom is -0.390 e. The van der Waals surface area contributed by atoms with E-state index in [9.17, 15) is 9.90 Å². The highest BCUT2D eigenvalue weighted by Crippen LogP contribution is 2.57. The van der Waals surface area contributed by atoms with E-state index in [1.165, 1.54) is 39.7 Å². The van der Waals surface area contributed by atoms with Crippen molar-refractivity contribution in [3.63, 3.8) is 0 Å². The molecule has 4 bridgehead atoms. The van der Waals surface area contributed by atoms with Gasteiger partial charge >= 0.3 is 0 Å². The van der Waals surface area contributed by atoms with Crippen LogP contribution < -0.4 is 5.32 Å². The van der Waals surface area contributed by atoms with Crippen LogP contribution in [0.1, 0.15) is 99.6 Å². The highest BCUT2D eigenvalue weighted by Gasteiger charge is 2.57. The fourth-order valence-electron chi connectivity index (χ4n) is 9.61. The van der Waals surface area contributed by atoms with Crippen molar-refractivity contribution in [2.45, 2.75) is 102 Å². The third-order valence-corrected chi connectivity index (χ3v) is 10.7. The summed E-state index contributed by atoms with van der Waals surface area (Å²) in [6, 6.07) is 11.4. The Kier molecular flexibility index (Phi) is 6.59. The molecule has 4 saturated carbocycles. The largest absolute Gasteiger partial charge is 0.390 e. The number of nitrogens with zero attached hydrogens (tertiary/aromatic N) is 2. The first-order valence-corrected chi connectivity index (χ1v) is 15.9. The number of rotatable bonds is 6. The summed E-state index contributed by atoms with van der Waals surface area (Å²) in [6.45, 7) is 11.1. The second kappa shape index (κ2) is 9.95. The molecule has 41 heavy (non-hydrogen) atoms. The van der Waals surface area contributed by atoms with Crippen LogP contribution in [0.2, 0.25) is 0 Å². The molecule has 3 heterocycles. The first kappa shape index (κ1) is 27.2. The number of H-pyrrole nitrogens is 1. The molecule has 2 aromatic heterocycles. The standard InChI is InChI=1S/C35H46N4O2/c1-21(2)32-29-14-27(5-6-30(29)37-33(32)28-11-22(3)36-23(4)12-28)26-7-9-39(10-8-26)19-31(40)38-34-15-24-13-25(16-34)18-35(41,17-24)20-34/h5-6,11-12,14,21,24-26,37,41H,7-10,13,15-20H2,1-4H3,(H,38,40)/t24-,25+,34?,35?. The summed E-state index contributed by atoms with van der Waals surface area (Å²) in [4.78, 5) is 23.9. The molecule has 2 unspecified atom stereocenters. The lowest BCUT2D eigenvalue weighted by Crippen LogP contribution is -2.66. The number of fused-ring (bicyclic) bond motifs is 1. The number of piperidine rings is 1. The molecule has 3 N–H and O–H groups in total. The average molecular weight is 555 g/mol. The number of aliphatic hydroxyl groups is 1. The van der Waals surface area contributed by atoms with E-state index in [0.717, 1.165) is 69.4 Å². The molecule has 1 aliphatic heterocycles. The number of amides is 1. The van der Waals surface area contributed by atoms with Gasteiger partial charge in [0.25, 0.3) is 0 Å². The fraction of sp³-hybridized carbons (Fsp3) is 0.600. The van der Waals surface area contributed by atoms with Gasteiger partial charge in [-0.3, -0.25) is 14.7 Å². The van der Waals surface area contributed by atoms with Gasteiger partial charge in [0.05, 0.1) is 17.8 Å². The van der Waals surface area contributed by atoms with Crippen molar-refractivity contribution in [3.05, 3.63) is 52.8 Å². The zero-order valence-corrected chi connectivity index (χ0v) is 25.2. The van der Waals surface area contributed by atoms with Gasteiger partial charge in [0.1, 0.15) is 0 Å². The van der Waals surface area contributed by atoms with Crippen LogP contribution in [0, 0.1) is 25.7 Å². The smallest absolute Gasteiger partial charge is 0.234 e. The number of benzene rings is 1. The molecule has 1 aromatic carbocycles. The van der Waals surface area contributed by atoms with Crippen molar-refractivity contribution in [3.8, 4) is 11.3 Å². The zero-order chi connectivity index (χ0) is 28.5. The molecule has 5 aliphatic rings. The number of aryl methyl sites for hydroxylation is 2. The van der Waals surface area contributed by atoms with E-state index in [1.54, 1.807) is 0 Å². The topological polar surface area (TPSA) is 81.2 Å². The SMILES string of the molecule is Cc1cc(-c2[nH]c3ccc(C4CCN(CC(=O)NC56C[C@@H]7C[C@@H](CC(O)(C7)C5)C6)CC4)cc3c2C(C)C)cc(C)n1. The lowest BCUT2D eigenvalue weighted by atomic mass is 9.51. The van der Waals surface area contributed by atoms with Gasteiger partial charge in [0.15, 0.2) is 0 Å². The van der Waals surface area contributed by atoms with E-state index >= 15 is 0 Å².